The lowest BCUT2D eigenvalue weighted by Gasteiger charge is -2.08. The molecule has 0 bridgehead atoms. The molecule has 0 aliphatic rings. The topological polar surface area (TPSA) is 46.4 Å². The van der Waals surface area contributed by atoms with Crippen LogP contribution in [0, 0.1) is 12.7 Å². The third kappa shape index (κ3) is 2.76. The van der Waals surface area contributed by atoms with E-state index >= 15 is 0 Å². The van der Waals surface area contributed by atoms with Crippen LogP contribution < -0.4 is 10.9 Å². The summed E-state index contributed by atoms with van der Waals surface area (Å²) >= 11 is 0. The number of hydrogen-bond donors (Lipinski definition) is 1. The first-order valence-electron chi connectivity index (χ1n) is 6.61. The van der Waals surface area contributed by atoms with Gasteiger partial charge in [0.05, 0.1) is 12.2 Å². The van der Waals surface area contributed by atoms with Gasteiger partial charge in [0.25, 0.3) is 5.56 Å². The van der Waals surface area contributed by atoms with Gasteiger partial charge in [0.15, 0.2) is 0 Å². The lowest BCUT2D eigenvalue weighted by Crippen LogP contribution is -2.16. The Morgan fingerprint density at radius 3 is 2.90 bits per heavy atom. The summed E-state index contributed by atoms with van der Waals surface area (Å²) in [5, 5.41) is 3.07. The van der Waals surface area contributed by atoms with Crippen LogP contribution in [0.5, 0.6) is 0 Å². The minimum absolute atomic E-state index is 0.132. The maximum Gasteiger partial charge on any atom is 0.258 e. The molecule has 4 nitrogen and oxygen atoms in total. The molecule has 106 valence electrons. The number of rotatable bonds is 3. The van der Waals surface area contributed by atoms with Crippen molar-refractivity contribution in [2.75, 3.05) is 5.32 Å². The van der Waals surface area contributed by atoms with Crippen molar-refractivity contribution >= 4 is 11.3 Å². The average Bonchev–Trinajstić information content (AvgIpc) is 2.49. The normalized spacial score (nSPS) is 10.8. The first kappa shape index (κ1) is 13.3. The molecular weight excluding hydrogens is 269 g/mol. The molecular formula is C16H14FN3O. The van der Waals surface area contributed by atoms with Crippen LogP contribution in [0.2, 0.25) is 0 Å². The number of benzene rings is 1. The third-order valence-electron chi connectivity index (χ3n) is 3.27. The molecule has 1 N–H and O–H groups in total. The molecule has 1 aromatic carbocycles. The Labute approximate surface area is 120 Å². The van der Waals surface area contributed by atoms with Gasteiger partial charge in [0.2, 0.25) is 0 Å². The van der Waals surface area contributed by atoms with Crippen LogP contribution in [0.4, 0.5) is 10.1 Å². The van der Waals surface area contributed by atoms with Crippen molar-refractivity contribution in [3.63, 3.8) is 0 Å². The molecule has 0 spiro atoms. The van der Waals surface area contributed by atoms with E-state index in [-0.39, 0.29) is 11.4 Å². The lowest BCUT2D eigenvalue weighted by molar-refractivity contribution is 0.619. The Morgan fingerprint density at radius 2 is 2.10 bits per heavy atom. The number of aromatic nitrogens is 2. The highest BCUT2D eigenvalue weighted by molar-refractivity contribution is 5.46. The van der Waals surface area contributed by atoms with Gasteiger partial charge in [0.1, 0.15) is 11.5 Å². The maximum absolute atomic E-state index is 13.5. The molecule has 0 saturated heterocycles. The molecule has 0 radical (unpaired) electrons. The van der Waals surface area contributed by atoms with Gasteiger partial charge in [-0.3, -0.25) is 9.20 Å². The van der Waals surface area contributed by atoms with Crippen LogP contribution in [-0.2, 0) is 6.54 Å². The Hall–Kier alpha value is -2.69. The van der Waals surface area contributed by atoms with Crippen molar-refractivity contribution in [3.8, 4) is 0 Å². The minimum Gasteiger partial charge on any atom is -0.379 e. The highest BCUT2D eigenvalue weighted by Crippen LogP contribution is 2.14. The molecule has 0 fully saturated rings. The molecule has 0 aliphatic carbocycles. The summed E-state index contributed by atoms with van der Waals surface area (Å²) < 4.78 is 14.9. The summed E-state index contributed by atoms with van der Waals surface area (Å²) in [6.07, 6.45) is 1.68. The Bertz CT molecular complexity index is 858. The second-order valence-corrected chi connectivity index (χ2v) is 4.83. The summed E-state index contributed by atoms with van der Waals surface area (Å²) in [7, 11) is 0. The fraction of sp³-hybridized carbons (Fsp3) is 0.125. The van der Waals surface area contributed by atoms with E-state index in [0.717, 1.165) is 0 Å². The van der Waals surface area contributed by atoms with Gasteiger partial charge in [0, 0.05) is 18.0 Å². The molecule has 2 heterocycles. The molecule has 3 rings (SSSR count). The zero-order valence-corrected chi connectivity index (χ0v) is 11.5. The van der Waals surface area contributed by atoms with E-state index in [9.17, 15) is 9.18 Å². The monoisotopic (exact) mass is 283 g/mol. The zero-order valence-electron chi connectivity index (χ0n) is 11.5. The van der Waals surface area contributed by atoms with E-state index in [0.29, 0.717) is 29.1 Å². The van der Waals surface area contributed by atoms with E-state index in [1.165, 1.54) is 16.5 Å². The number of nitrogens with zero attached hydrogens (tertiary/aromatic N) is 2. The summed E-state index contributed by atoms with van der Waals surface area (Å²) in [5.41, 5.74) is 2.34. The van der Waals surface area contributed by atoms with Crippen molar-refractivity contribution in [2.45, 2.75) is 13.5 Å². The third-order valence-corrected chi connectivity index (χ3v) is 3.27. The smallest absolute Gasteiger partial charge is 0.258 e. The first-order chi connectivity index (χ1) is 10.1. The molecule has 3 aromatic rings. The van der Waals surface area contributed by atoms with Gasteiger partial charge in [-0.1, -0.05) is 12.1 Å². The second-order valence-electron chi connectivity index (χ2n) is 4.83. The number of halogens is 1. The minimum atomic E-state index is -0.258. The van der Waals surface area contributed by atoms with E-state index in [1.54, 1.807) is 37.4 Å². The molecule has 5 heteroatoms. The predicted octanol–water partition coefficient (Wildman–Crippen LogP) is 2.75. The van der Waals surface area contributed by atoms with E-state index in [1.807, 2.05) is 6.07 Å². The number of fused-ring (bicyclic) bond motifs is 1. The number of pyridine rings is 1. The number of aryl methyl sites for hydroxylation is 1. The lowest BCUT2D eigenvalue weighted by atomic mass is 10.2. The van der Waals surface area contributed by atoms with Crippen molar-refractivity contribution in [1.82, 2.24) is 9.38 Å². The highest BCUT2D eigenvalue weighted by atomic mass is 19.1. The van der Waals surface area contributed by atoms with Gasteiger partial charge in [-0.25, -0.2) is 9.37 Å². The van der Waals surface area contributed by atoms with Gasteiger partial charge in [-0.05, 0) is 36.8 Å². The summed E-state index contributed by atoms with van der Waals surface area (Å²) in [6, 6.07) is 11.8. The van der Waals surface area contributed by atoms with Crippen LogP contribution in [0.3, 0.4) is 0 Å². The van der Waals surface area contributed by atoms with Crippen molar-refractivity contribution < 1.29 is 4.39 Å². The molecule has 0 saturated carbocycles. The molecule has 0 aliphatic heterocycles. The predicted molar refractivity (Wildman–Crippen MR) is 79.9 cm³/mol. The Morgan fingerprint density at radius 1 is 1.24 bits per heavy atom. The largest absolute Gasteiger partial charge is 0.379 e. The number of nitrogens with one attached hydrogen (secondary N) is 1. The van der Waals surface area contributed by atoms with Crippen molar-refractivity contribution in [3.05, 3.63) is 76.1 Å². The van der Waals surface area contributed by atoms with Crippen LogP contribution in [0.25, 0.3) is 5.65 Å². The second kappa shape index (κ2) is 5.36. The van der Waals surface area contributed by atoms with Crippen LogP contribution in [0.1, 0.15) is 11.3 Å². The van der Waals surface area contributed by atoms with Gasteiger partial charge >= 0.3 is 0 Å². The van der Waals surface area contributed by atoms with E-state index < -0.39 is 0 Å². The highest BCUT2D eigenvalue weighted by Gasteiger charge is 2.03. The molecule has 0 amide bonds. The Kier molecular flexibility index (Phi) is 3.39. The maximum atomic E-state index is 13.5. The van der Waals surface area contributed by atoms with Gasteiger partial charge in [-0.2, -0.15) is 0 Å². The van der Waals surface area contributed by atoms with Crippen LogP contribution in [0.15, 0.2) is 53.5 Å². The van der Waals surface area contributed by atoms with Gasteiger partial charge in [-0.15, -0.1) is 0 Å². The molecule has 2 aromatic heterocycles. The fourth-order valence-corrected chi connectivity index (χ4v) is 2.09. The standard InChI is InChI=1S/C16H14FN3O/c1-11-5-6-12(8-14(11)17)18-10-13-9-16(21)20-7-3-2-4-15(20)19-13/h2-9,18H,10H2,1H3. The average molecular weight is 283 g/mol. The van der Waals surface area contributed by atoms with E-state index in [2.05, 4.69) is 10.3 Å². The SMILES string of the molecule is Cc1ccc(NCc2cc(=O)n3ccccc3n2)cc1F. The number of hydrogen-bond acceptors (Lipinski definition) is 3. The fourth-order valence-electron chi connectivity index (χ4n) is 2.09. The quantitative estimate of drug-likeness (QED) is 0.804. The van der Waals surface area contributed by atoms with E-state index in [4.69, 9.17) is 0 Å². The van der Waals surface area contributed by atoms with Crippen molar-refractivity contribution in [1.29, 1.82) is 0 Å². The summed E-state index contributed by atoms with van der Waals surface area (Å²) in [4.78, 5) is 16.3. The molecule has 0 unspecified atom stereocenters. The Balaban J connectivity index is 1.85. The summed E-state index contributed by atoms with van der Waals surface area (Å²) in [5.74, 6) is -0.258. The first-order valence-corrected chi connectivity index (χ1v) is 6.61. The van der Waals surface area contributed by atoms with Crippen LogP contribution in [-0.4, -0.2) is 9.38 Å². The number of anilines is 1. The van der Waals surface area contributed by atoms with Gasteiger partial charge < -0.3 is 5.32 Å². The van der Waals surface area contributed by atoms with Crippen molar-refractivity contribution in [2.24, 2.45) is 0 Å². The summed E-state index contributed by atoms with van der Waals surface area (Å²) in [6.45, 7) is 2.08. The molecule has 21 heavy (non-hydrogen) atoms. The molecule has 0 atom stereocenters. The zero-order chi connectivity index (χ0) is 14.8. The van der Waals surface area contributed by atoms with Crippen LogP contribution >= 0.6 is 0 Å².